The van der Waals surface area contributed by atoms with Crippen molar-refractivity contribution in [2.75, 3.05) is 7.11 Å². The zero-order valence-corrected chi connectivity index (χ0v) is 25.3. The zero-order chi connectivity index (χ0) is 30.0. The summed E-state index contributed by atoms with van der Waals surface area (Å²) in [5.74, 6) is 3.29. The van der Waals surface area contributed by atoms with Crippen LogP contribution in [0.2, 0.25) is 0 Å². The second-order valence-electron chi connectivity index (χ2n) is 12.6. The first-order chi connectivity index (χ1) is 21.6. The highest BCUT2D eigenvalue weighted by atomic mass is 16.5. The lowest BCUT2D eigenvalue weighted by atomic mass is 9.81. The number of aldehydes is 2. The number of fused-ring (bicyclic) bond motifs is 2. The molecule has 0 atom stereocenters. The number of ether oxygens (including phenoxy) is 5. The molecular weight excluding hydrogens is 556 g/mol. The summed E-state index contributed by atoms with van der Waals surface area (Å²) in [5, 5.41) is 0. The molecule has 1 heterocycles. The van der Waals surface area contributed by atoms with Crippen molar-refractivity contribution in [3.8, 4) is 34.5 Å². The van der Waals surface area contributed by atoms with Crippen molar-refractivity contribution >= 4 is 12.6 Å². The molecule has 0 bridgehead atoms. The largest absolute Gasteiger partial charge is 0.493 e. The summed E-state index contributed by atoms with van der Waals surface area (Å²) in [6, 6.07) is 13.3. The highest BCUT2D eigenvalue weighted by Gasteiger charge is 2.36. The normalized spacial score (nSPS) is 18.8. The van der Waals surface area contributed by atoms with E-state index in [9.17, 15) is 9.59 Å². The summed E-state index contributed by atoms with van der Waals surface area (Å²) in [7, 11) is 1.65. The lowest BCUT2D eigenvalue weighted by Crippen LogP contribution is -2.19. The van der Waals surface area contributed by atoms with Crippen molar-refractivity contribution in [1.82, 2.24) is 0 Å². The third-order valence-electron chi connectivity index (χ3n) is 9.62. The molecule has 4 aliphatic rings. The Bertz CT molecular complexity index is 1450. The summed E-state index contributed by atoms with van der Waals surface area (Å²) in [5.41, 5.74) is 3.58. The van der Waals surface area contributed by atoms with Crippen molar-refractivity contribution < 1.29 is 33.3 Å². The summed E-state index contributed by atoms with van der Waals surface area (Å²) in [4.78, 5) is 24.5. The van der Waals surface area contributed by atoms with E-state index in [2.05, 4.69) is 0 Å². The topological polar surface area (TPSA) is 80.3 Å². The molecule has 0 amide bonds. The molecule has 3 aromatic carbocycles. The summed E-state index contributed by atoms with van der Waals surface area (Å²) in [6.45, 7) is 0. The van der Waals surface area contributed by atoms with Gasteiger partial charge in [0.2, 0.25) is 0 Å². The number of carbonyl (C=O) groups is 2. The van der Waals surface area contributed by atoms with E-state index in [1.807, 2.05) is 30.3 Å². The van der Waals surface area contributed by atoms with E-state index < -0.39 is 0 Å². The van der Waals surface area contributed by atoms with Crippen LogP contribution >= 0.6 is 0 Å². The van der Waals surface area contributed by atoms with Gasteiger partial charge in [-0.3, -0.25) is 9.59 Å². The first kappa shape index (κ1) is 28.8. The molecule has 0 radical (unpaired) electrons. The number of benzene rings is 3. The molecule has 3 saturated carbocycles. The predicted molar refractivity (Wildman–Crippen MR) is 166 cm³/mol. The summed E-state index contributed by atoms with van der Waals surface area (Å²) >= 11 is 0. The van der Waals surface area contributed by atoms with Gasteiger partial charge >= 0.3 is 0 Å². The van der Waals surface area contributed by atoms with Gasteiger partial charge in [0, 0.05) is 28.2 Å². The monoisotopic (exact) mass is 596 g/mol. The van der Waals surface area contributed by atoms with Crippen LogP contribution in [0.15, 0.2) is 42.5 Å². The Morgan fingerprint density at radius 3 is 1.48 bits per heavy atom. The first-order valence-electron chi connectivity index (χ1n) is 16.3. The molecule has 3 aromatic rings. The average molecular weight is 597 g/mol. The Morgan fingerprint density at radius 1 is 0.591 bits per heavy atom. The van der Waals surface area contributed by atoms with Crippen LogP contribution in [-0.4, -0.2) is 38.0 Å². The zero-order valence-electron chi connectivity index (χ0n) is 25.3. The Balaban J connectivity index is 1.41. The average Bonchev–Trinajstić information content (AvgIpc) is 3.85. The minimum Gasteiger partial charge on any atom is -0.493 e. The number of rotatable bonds is 10. The summed E-state index contributed by atoms with van der Waals surface area (Å²) < 4.78 is 32.1. The molecule has 0 saturated heterocycles. The third-order valence-corrected chi connectivity index (χ3v) is 9.62. The Morgan fingerprint density at radius 2 is 1.05 bits per heavy atom. The van der Waals surface area contributed by atoms with Crippen molar-refractivity contribution in [3.05, 3.63) is 70.3 Å². The van der Waals surface area contributed by atoms with Gasteiger partial charge in [0.25, 0.3) is 0 Å². The van der Waals surface area contributed by atoms with Crippen LogP contribution in [0.3, 0.4) is 0 Å². The van der Waals surface area contributed by atoms with Gasteiger partial charge in [0.15, 0.2) is 34.5 Å². The fraction of sp³-hybridized carbons (Fsp3) is 0.459. The van der Waals surface area contributed by atoms with E-state index >= 15 is 0 Å². The molecule has 3 aliphatic carbocycles. The molecule has 7 nitrogen and oxygen atoms in total. The van der Waals surface area contributed by atoms with Crippen LogP contribution < -0.4 is 23.7 Å². The maximum absolute atomic E-state index is 12.3. The molecule has 0 aromatic heterocycles. The lowest BCUT2D eigenvalue weighted by molar-refractivity contribution is 0.111. The van der Waals surface area contributed by atoms with Crippen LogP contribution in [0.5, 0.6) is 34.5 Å². The molecule has 7 heteroatoms. The Kier molecular flexibility index (Phi) is 8.20. The van der Waals surface area contributed by atoms with Gasteiger partial charge in [0.1, 0.15) is 12.6 Å². The minimum atomic E-state index is -0.373. The van der Waals surface area contributed by atoms with Crippen molar-refractivity contribution in [2.24, 2.45) is 0 Å². The molecule has 7 rings (SSSR count). The highest BCUT2D eigenvalue weighted by molar-refractivity contribution is 5.82. The van der Waals surface area contributed by atoms with Gasteiger partial charge in [-0.1, -0.05) is 6.07 Å². The van der Waals surface area contributed by atoms with Crippen LogP contribution in [0.1, 0.15) is 120 Å². The van der Waals surface area contributed by atoms with Gasteiger partial charge in [-0.15, -0.1) is 0 Å². The van der Waals surface area contributed by atoms with E-state index in [0.717, 1.165) is 106 Å². The second-order valence-corrected chi connectivity index (χ2v) is 12.6. The smallest absolute Gasteiger partial charge is 0.173 e. The molecule has 0 unspecified atom stereocenters. The van der Waals surface area contributed by atoms with Crippen LogP contribution in [0, 0.1) is 0 Å². The van der Waals surface area contributed by atoms with Crippen LogP contribution in [-0.2, 0) is 0 Å². The lowest BCUT2D eigenvalue weighted by Gasteiger charge is -2.33. The van der Waals surface area contributed by atoms with Gasteiger partial charge in [-0.05, 0) is 119 Å². The molecular formula is C37H40O7. The van der Waals surface area contributed by atoms with Gasteiger partial charge in [0.05, 0.1) is 25.4 Å². The van der Waals surface area contributed by atoms with Crippen molar-refractivity contribution in [2.45, 2.75) is 101 Å². The second kappa shape index (κ2) is 12.5. The van der Waals surface area contributed by atoms with E-state index in [-0.39, 0.29) is 24.2 Å². The minimum absolute atomic E-state index is 0.0727. The molecule has 0 spiro atoms. The highest BCUT2D eigenvalue weighted by Crippen LogP contribution is 2.55. The van der Waals surface area contributed by atoms with Gasteiger partial charge in [-0.25, -0.2) is 0 Å². The maximum Gasteiger partial charge on any atom is 0.173 e. The summed E-state index contributed by atoms with van der Waals surface area (Å²) in [6.07, 6.45) is 14.7. The van der Waals surface area contributed by atoms with E-state index in [1.165, 1.54) is 0 Å². The predicted octanol–water partition coefficient (Wildman–Crippen LogP) is 8.57. The SMILES string of the molecule is COc1ccc(C2c3cc(C=O)cc(OC4CCCC4)c3Oc3c(OC4CCCC4)cc(C=O)cc32)cc1OC1CCCC1. The standard InChI is InChI=1S/C37H40O7/c1-40-31-15-14-25(20-32(31)41-26-8-2-3-9-26)35-29-16-23(21-38)18-33(42-27-10-4-5-11-27)36(29)44-37-30(35)17-24(22-39)19-34(37)43-28-12-6-7-13-28/h14-22,26-28,35H,2-13H2,1H3. The van der Waals surface area contributed by atoms with E-state index in [1.54, 1.807) is 19.2 Å². The Labute approximate surface area is 258 Å². The fourth-order valence-corrected chi connectivity index (χ4v) is 7.40. The van der Waals surface area contributed by atoms with Crippen LogP contribution in [0.25, 0.3) is 0 Å². The van der Waals surface area contributed by atoms with Crippen molar-refractivity contribution in [3.63, 3.8) is 0 Å². The van der Waals surface area contributed by atoms with Crippen molar-refractivity contribution in [1.29, 1.82) is 0 Å². The molecule has 1 aliphatic heterocycles. The van der Waals surface area contributed by atoms with Gasteiger partial charge < -0.3 is 23.7 Å². The first-order valence-corrected chi connectivity index (χ1v) is 16.3. The fourth-order valence-electron chi connectivity index (χ4n) is 7.40. The number of hydrogen-bond donors (Lipinski definition) is 0. The number of methoxy groups -OCH3 is 1. The number of hydrogen-bond acceptors (Lipinski definition) is 7. The Hall–Kier alpha value is -4.00. The number of carbonyl (C=O) groups excluding carboxylic acids is 2. The van der Waals surface area contributed by atoms with E-state index in [0.29, 0.717) is 45.6 Å². The quantitative estimate of drug-likeness (QED) is 0.170. The maximum atomic E-state index is 12.3. The molecule has 230 valence electrons. The van der Waals surface area contributed by atoms with Gasteiger partial charge in [-0.2, -0.15) is 0 Å². The van der Waals surface area contributed by atoms with E-state index in [4.69, 9.17) is 23.7 Å². The van der Waals surface area contributed by atoms with Crippen LogP contribution in [0.4, 0.5) is 0 Å². The molecule has 0 N–H and O–H groups in total. The molecule has 3 fully saturated rings. The molecule has 44 heavy (non-hydrogen) atoms. The third kappa shape index (κ3) is 5.64.